The van der Waals surface area contributed by atoms with Crippen LogP contribution in [0.15, 0.2) is 0 Å². The zero-order valence-electron chi connectivity index (χ0n) is 8.14. The van der Waals surface area contributed by atoms with Crippen LogP contribution < -0.4 is 11.3 Å². The Hall–Kier alpha value is -0.920. The van der Waals surface area contributed by atoms with E-state index in [4.69, 9.17) is 17.3 Å². The zero-order valence-corrected chi connectivity index (χ0v) is 8.96. The van der Waals surface area contributed by atoms with Crippen LogP contribution in [-0.2, 0) is 0 Å². The van der Waals surface area contributed by atoms with E-state index >= 15 is 0 Å². The molecule has 0 aromatic rings. The molecule has 6 nitrogen and oxygen atoms in total. The van der Waals surface area contributed by atoms with Gasteiger partial charge in [0.1, 0.15) is 0 Å². The number of piperazine rings is 1. The second kappa shape index (κ2) is 7.48. The molecule has 1 aliphatic heterocycles. The van der Waals surface area contributed by atoms with Crippen molar-refractivity contribution >= 4 is 23.8 Å². The van der Waals surface area contributed by atoms with E-state index in [1.807, 2.05) is 4.90 Å². The molecule has 1 heterocycles. The summed E-state index contributed by atoms with van der Waals surface area (Å²) in [4.78, 5) is 13.8. The fourth-order valence-electron chi connectivity index (χ4n) is 1.02. The lowest BCUT2D eigenvalue weighted by Gasteiger charge is -2.31. The molecule has 1 saturated heterocycles. The molecule has 0 saturated carbocycles. The van der Waals surface area contributed by atoms with Crippen molar-refractivity contribution in [2.45, 2.75) is 0 Å². The maximum absolute atomic E-state index is 10.4. The Labute approximate surface area is 88.6 Å². The van der Waals surface area contributed by atoms with Gasteiger partial charge in [-0.1, -0.05) is 12.2 Å². The third-order valence-electron chi connectivity index (χ3n) is 1.73. The first-order valence-electron chi connectivity index (χ1n) is 4.20. The average molecular weight is 220 g/mol. The summed E-state index contributed by atoms with van der Waals surface area (Å²) in [7, 11) is 1.65. The maximum Gasteiger partial charge on any atom is 0.407 e. The van der Waals surface area contributed by atoms with Crippen molar-refractivity contribution in [2.75, 3.05) is 33.2 Å². The van der Waals surface area contributed by atoms with Crippen molar-refractivity contribution in [3.05, 3.63) is 0 Å². The van der Waals surface area contributed by atoms with Gasteiger partial charge in [-0.05, 0) is 7.05 Å². The highest BCUT2D eigenvalue weighted by Gasteiger charge is 2.17. The number of carbonyl (C=O) groups is 1. The number of hydrogen-bond acceptors (Lipinski definition) is 4. The van der Waals surface area contributed by atoms with Crippen LogP contribution in [0.3, 0.4) is 0 Å². The van der Waals surface area contributed by atoms with Gasteiger partial charge in [-0.3, -0.25) is 11.3 Å². The van der Waals surface area contributed by atoms with E-state index in [2.05, 4.69) is 11.3 Å². The standard InChI is InChI=1S/C6H10N2O2S.CH6N2/c9-6(10)8-3-1-7(5-11)2-4-8;1-3-2/h5H,1-4H2,(H,9,10);3H,2H2,1H3. The molecule has 1 rings (SSSR count). The first-order valence-corrected chi connectivity index (χ1v) is 4.67. The highest BCUT2D eigenvalue weighted by atomic mass is 32.1. The first-order chi connectivity index (χ1) is 6.65. The van der Waals surface area contributed by atoms with Crippen LogP contribution >= 0.6 is 12.2 Å². The topological polar surface area (TPSA) is 81.8 Å². The third-order valence-corrected chi connectivity index (χ3v) is 2.03. The summed E-state index contributed by atoms with van der Waals surface area (Å²) in [5, 5.41) is 8.57. The summed E-state index contributed by atoms with van der Waals surface area (Å²) in [6.07, 6.45) is -0.839. The van der Waals surface area contributed by atoms with Crippen LogP contribution in [0.2, 0.25) is 0 Å². The minimum Gasteiger partial charge on any atom is -0.465 e. The molecule has 7 heteroatoms. The number of nitrogens with zero attached hydrogens (tertiary/aromatic N) is 2. The maximum atomic E-state index is 10.4. The van der Waals surface area contributed by atoms with E-state index in [1.165, 1.54) is 4.90 Å². The lowest BCUT2D eigenvalue weighted by atomic mass is 10.3. The molecule has 4 N–H and O–H groups in total. The van der Waals surface area contributed by atoms with Gasteiger partial charge in [0.15, 0.2) is 0 Å². The van der Waals surface area contributed by atoms with Crippen molar-refractivity contribution in [2.24, 2.45) is 5.84 Å². The van der Waals surface area contributed by atoms with Gasteiger partial charge in [-0.15, -0.1) is 0 Å². The van der Waals surface area contributed by atoms with Crippen LogP contribution in [0.25, 0.3) is 0 Å². The summed E-state index contributed by atoms with van der Waals surface area (Å²) >= 11 is 4.71. The quantitative estimate of drug-likeness (QED) is 0.308. The molecule has 14 heavy (non-hydrogen) atoms. The third kappa shape index (κ3) is 4.95. The number of thiocarbonyl (C=S) groups is 1. The Balaban J connectivity index is 0.000000500. The van der Waals surface area contributed by atoms with Gasteiger partial charge in [-0.25, -0.2) is 4.79 Å². The SMILES string of the molecule is CNN.O=C(O)N1CCN(C=S)CC1. The lowest BCUT2D eigenvalue weighted by Crippen LogP contribution is -2.47. The fourth-order valence-corrected chi connectivity index (χ4v) is 1.23. The first kappa shape index (κ1) is 13.1. The van der Waals surface area contributed by atoms with E-state index in [9.17, 15) is 4.79 Å². The molecular weight excluding hydrogens is 204 g/mol. The summed E-state index contributed by atoms with van der Waals surface area (Å²) in [6, 6.07) is 0. The fraction of sp³-hybridized carbons (Fsp3) is 0.714. The number of hydrazine groups is 1. The van der Waals surface area contributed by atoms with Crippen LogP contribution in [0.4, 0.5) is 4.79 Å². The van der Waals surface area contributed by atoms with Gasteiger partial charge < -0.3 is 14.9 Å². The molecule has 82 valence electrons. The van der Waals surface area contributed by atoms with Gasteiger partial charge in [0.25, 0.3) is 0 Å². The van der Waals surface area contributed by atoms with Gasteiger partial charge in [0.05, 0.1) is 5.49 Å². The average Bonchev–Trinajstić information content (AvgIpc) is 2.19. The Bertz CT molecular complexity index is 183. The van der Waals surface area contributed by atoms with Crippen LogP contribution in [0.1, 0.15) is 0 Å². The zero-order chi connectivity index (χ0) is 11.0. The lowest BCUT2D eigenvalue weighted by molar-refractivity contribution is 0.126. The number of amides is 1. The molecule has 0 aromatic heterocycles. The summed E-state index contributed by atoms with van der Waals surface area (Å²) < 4.78 is 0. The Kier molecular flexibility index (Phi) is 6.99. The minimum absolute atomic E-state index is 0.558. The largest absolute Gasteiger partial charge is 0.465 e. The van der Waals surface area contributed by atoms with Crippen molar-refractivity contribution in [3.8, 4) is 0 Å². The number of rotatable bonds is 1. The van der Waals surface area contributed by atoms with Crippen molar-refractivity contribution in [1.82, 2.24) is 15.2 Å². The van der Waals surface area contributed by atoms with Crippen molar-refractivity contribution in [1.29, 1.82) is 0 Å². The number of nitrogens with one attached hydrogen (secondary N) is 1. The van der Waals surface area contributed by atoms with Crippen molar-refractivity contribution < 1.29 is 9.90 Å². The second-order valence-electron chi connectivity index (χ2n) is 2.70. The van der Waals surface area contributed by atoms with Gasteiger partial charge >= 0.3 is 6.09 Å². The van der Waals surface area contributed by atoms with Crippen LogP contribution in [-0.4, -0.2) is 59.7 Å². The molecule has 0 radical (unpaired) electrons. The van der Waals surface area contributed by atoms with Gasteiger partial charge in [0, 0.05) is 26.2 Å². The second-order valence-corrected chi connectivity index (χ2v) is 2.91. The normalized spacial score (nSPS) is 15.6. The molecule has 0 aromatic carbocycles. The molecule has 0 aliphatic carbocycles. The number of nitrogens with two attached hydrogens (primary N) is 1. The predicted octanol–water partition coefficient (Wildman–Crippen LogP) is -0.681. The number of hydrogen-bond donors (Lipinski definition) is 3. The summed E-state index contributed by atoms with van der Waals surface area (Å²) in [6.45, 7) is 2.55. The molecule has 0 bridgehead atoms. The molecular formula is C7H16N4O2S. The molecule has 0 spiro atoms. The van der Waals surface area contributed by atoms with E-state index in [1.54, 1.807) is 12.5 Å². The Morgan fingerprint density at radius 2 is 1.93 bits per heavy atom. The summed E-state index contributed by atoms with van der Waals surface area (Å²) in [5.41, 5.74) is 3.83. The van der Waals surface area contributed by atoms with E-state index in [-0.39, 0.29) is 0 Å². The van der Waals surface area contributed by atoms with Gasteiger partial charge in [-0.2, -0.15) is 0 Å². The monoisotopic (exact) mass is 220 g/mol. The highest BCUT2D eigenvalue weighted by Crippen LogP contribution is 1.99. The van der Waals surface area contributed by atoms with Crippen molar-refractivity contribution in [3.63, 3.8) is 0 Å². The molecule has 1 amide bonds. The predicted molar refractivity (Wildman–Crippen MR) is 58.1 cm³/mol. The van der Waals surface area contributed by atoms with E-state index in [0.29, 0.717) is 13.1 Å². The smallest absolute Gasteiger partial charge is 0.407 e. The molecule has 0 atom stereocenters. The molecule has 0 unspecified atom stereocenters. The highest BCUT2D eigenvalue weighted by molar-refractivity contribution is 7.78. The number of carboxylic acid groups (broad SMARTS) is 1. The molecule has 1 aliphatic rings. The molecule has 1 fully saturated rings. The van der Waals surface area contributed by atoms with Crippen LogP contribution in [0.5, 0.6) is 0 Å². The van der Waals surface area contributed by atoms with E-state index in [0.717, 1.165) is 13.1 Å². The summed E-state index contributed by atoms with van der Waals surface area (Å²) in [5.74, 6) is 4.60. The minimum atomic E-state index is -0.839. The Morgan fingerprint density at radius 3 is 2.21 bits per heavy atom. The van der Waals surface area contributed by atoms with E-state index < -0.39 is 6.09 Å². The van der Waals surface area contributed by atoms with Crippen LogP contribution in [0, 0.1) is 0 Å². The van der Waals surface area contributed by atoms with Gasteiger partial charge in [0.2, 0.25) is 0 Å². The Morgan fingerprint density at radius 1 is 1.50 bits per heavy atom.